The molecule has 4 nitrogen and oxygen atoms in total. The van der Waals surface area contributed by atoms with Crippen molar-refractivity contribution in [1.29, 1.82) is 0 Å². The van der Waals surface area contributed by atoms with Crippen LogP contribution in [0.3, 0.4) is 0 Å². The molecule has 0 bridgehead atoms. The Morgan fingerprint density at radius 3 is 2.14 bits per heavy atom. The lowest BCUT2D eigenvalue weighted by molar-refractivity contribution is 0.0973. The maximum absolute atomic E-state index is 14.6. The molecule has 0 spiro atoms. The molecular formula is C22H15F2NO3. The van der Waals surface area contributed by atoms with E-state index >= 15 is 0 Å². The van der Waals surface area contributed by atoms with Crippen LogP contribution in [0.25, 0.3) is 22.0 Å². The number of halogens is 2. The van der Waals surface area contributed by atoms with E-state index in [1.54, 1.807) is 18.3 Å². The van der Waals surface area contributed by atoms with Gasteiger partial charge >= 0.3 is 0 Å². The zero-order valence-electron chi connectivity index (χ0n) is 14.6. The Bertz CT molecular complexity index is 1180. The molecule has 0 saturated carbocycles. The molecule has 0 saturated heterocycles. The topological polar surface area (TPSA) is 62.5 Å². The average molecular weight is 379 g/mol. The molecule has 3 aromatic carbocycles. The van der Waals surface area contributed by atoms with Gasteiger partial charge in [0.25, 0.3) is 0 Å². The molecule has 0 aliphatic rings. The number of hydrogen-bond acceptors (Lipinski definition) is 3. The van der Waals surface area contributed by atoms with Crippen molar-refractivity contribution in [2.75, 3.05) is 0 Å². The highest BCUT2D eigenvalue weighted by atomic mass is 19.1. The van der Waals surface area contributed by atoms with Gasteiger partial charge in [-0.1, -0.05) is 12.1 Å². The van der Waals surface area contributed by atoms with Crippen LogP contribution < -0.4 is 0 Å². The van der Waals surface area contributed by atoms with Crippen molar-refractivity contribution in [2.45, 2.75) is 6.54 Å². The fourth-order valence-electron chi connectivity index (χ4n) is 3.23. The lowest BCUT2D eigenvalue weighted by Crippen LogP contribution is -2.09. The molecule has 140 valence electrons. The zero-order valence-corrected chi connectivity index (χ0v) is 14.6. The van der Waals surface area contributed by atoms with Crippen molar-refractivity contribution in [3.05, 3.63) is 84.1 Å². The number of aromatic hydroxyl groups is 2. The summed E-state index contributed by atoms with van der Waals surface area (Å²) in [4.78, 5) is 12.6. The van der Waals surface area contributed by atoms with Crippen molar-refractivity contribution < 1.29 is 23.8 Å². The van der Waals surface area contributed by atoms with E-state index in [0.29, 0.717) is 16.7 Å². The van der Waals surface area contributed by atoms with Crippen molar-refractivity contribution in [3.8, 4) is 22.6 Å². The Kier molecular flexibility index (Phi) is 4.31. The third-order valence-electron chi connectivity index (χ3n) is 4.58. The van der Waals surface area contributed by atoms with Crippen molar-refractivity contribution in [3.63, 3.8) is 0 Å². The highest BCUT2D eigenvalue weighted by Crippen LogP contribution is 2.34. The number of carbonyl (C=O) groups excluding carboxylic acids is 1. The first-order valence-corrected chi connectivity index (χ1v) is 8.52. The largest absolute Gasteiger partial charge is 0.508 e. The summed E-state index contributed by atoms with van der Waals surface area (Å²) in [7, 11) is 0. The first kappa shape index (κ1) is 17.7. The molecule has 28 heavy (non-hydrogen) atoms. The van der Waals surface area contributed by atoms with E-state index in [2.05, 4.69) is 0 Å². The number of benzene rings is 3. The van der Waals surface area contributed by atoms with Crippen LogP contribution in [-0.4, -0.2) is 20.6 Å². The van der Waals surface area contributed by atoms with Crippen molar-refractivity contribution in [1.82, 2.24) is 4.57 Å². The number of rotatable bonds is 4. The molecule has 2 N–H and O–H groups in total. The summed E-state index contributed by atoms with van der Waals surface area (Å²) in [5.74, 6) is -1.62. The smallest absolute Gasteiger partial charge is 0.182 e. The molecule has 0 aliphatic carbocycles. The number of nitrogens with zero attached hydrogens (tertiary/aromatic N) is 1. The Morgan fingerprint density at radius 2 is 1.50 bits per heavy atom. The minimum atomic E-state index is -0.737. The van der Waals surface area contributed by atoms with Crippen LogP contribution in [0.15, 0.2) is 66.9 Å². The number of phenols is 2. The predicted molar refractivity (Wildman–Crippen MR) is 101 cm³/mol. The van der Waals surface area contributed by atoms with E-state index in [1.165, 1.54) is 47.0 Å². The number of fused-ring (bicyclic) bond motifs is 1. The molecule has 0 unspecified atom stereocenters. The van der Waals surface area contributed by atoms with Crippen LogP contribution in [0.2, 0.25) is 0 Å². The SMILES string of the molecule is O=C(Cn1cc(-c2ccc(O)cc2)c2c(F)cc(F)cc21)c1ccc(O)cc1. The third kappa shape index (κ3) is 3.20. The lowest BCUT2D eigenvalue weighted by atomic mass is 10.0. The van der Waals surface area contributed by atoms with E-state index in [4.69, 9.17) is 0 Å². The van der Waals surface area contributed by atoms with Gasteiger partial charge in [-0.3, -0.25) is 4.79 Å². The molecule has 0 atom stereocenters. The standard InChI is InChI=1S/C22H15F2NO3/c23-15-9-19(24)22-18(13-1-5-16(26)6-2-13)11-25(20(22)10-15)12-21(28)14-3-7-17(27)8-4-14/h1-11,26-27H,12H2. The van der Waals surface area contributed by atoms with Gasteiger partial charge in [0.1, 0.15) is 23.1 Å². The van der Waals surface area contributed by atoms with E-state index in [1.807, 2.05) is 0 Å². The summed E-state index contributed by atoms with van der Waals surface area (Å²) >= 11 is 0. The monoisotopic (exact) mass is 379 g/mol. The maximum atomic E-state index is 14.6. The van der Waals surface area contributed by atoms with Gasteiger partial charge in [0.05, 0.1) is 12.1 Å². The van der Waals surface area contributed by atoms with Crippen LogP contribution in [0, 0.1) is 11.6 Å². The van der Waals surface area contributed by atoms with Gasteiger partial charge in [-0.2, -0.15) is 0 Å². The summed E-state index contributed by atoms with van der Waals surface area (Å²) in [6, 6.07) is 14.0. The fourth-order valence-corrected chi connectivity index (χ4v) is 3.23. The number of hydrogen-bond donors (Lipinski definition) is 2. The summed E-state index contributed by atoms with van der Waals surface area (Å²) in [5.41, 5.74) is 1.76. The second kappa shape index (κ2) is 6.81. The number of ketones is 1. The molecule has 0 aliphatic heterocycles. The first-order chi connectivity index (χ1) is 13.4. The average Bonchev–Trinajstić information content (AvgIpc) is 3.01. The van der Waals surface area contributed by atoms with Crippen molar-refractivity contribution in [2.24, 2.45) is 0 Å². The summed E-state index contributed by atoms with van der Waals surface area (Å²) in [6.45, 7) is -0.123. The summed E-state index contributed by atoms with van der Waals surface area (Å²) < 4.78 is 29.9. The molecule has 0 amide bonds. The molecular weight excluding hydrogens is 364 g/mol. The van der Waals surface area contributed by atoms with Crippen molar-refractivity contribution >= 4 is 16.7 Å². The van der Waals surface area contributed by atoms with Gasteiger partial charge in [-0.25, -0.2) is 8.78 Å². The normalized spacial score (nSPS) is 11.1. The van der Waals surface area contributed by atoms with Crippen LogP contribution in [-0.2, 0) is 6.54 Å². The minimum absolute atomic E-state index is 0.0433. The quantitative estimate of drug-likeness (QED) is 0.497. The highest BCUT2D eigenvalue weighted by Gasteiger charge is 2.18. The second-order valence-corrected chi connectivity index (χ2v) is 6.47. The predicted octanol–water partition coefficient (Wildman–Crippen LogP) is 4.88. The molecule has 0 fully saturated rings. The summed E-state index contributed by atoms with van der Waals surface area (Å²) in [5, 5.41) is 19.0. The maximum Gasteiger partial charge on any atom is 0.182 e. The van der Waals surface area contributed by atoms with Gasteiger partial charge in [0, 0.05) is 28.8 Å². The zero-order chi connectivity index (χ0) is 19.8. The Hall–Kier alpha value is -3.67. The molecule has 6 heteroatoms. The molecule has 1 aromatic heterocycles. The van der Waals surface area contributed by atoms with Crippen LogP contribution in [0.1, 0.15) is 10.4 Å². The van der Waals surface area contributed by atoms with E-state index in [9.17, 15) is 23.8 Å². The lowest BCUT2D eigenvalue weighted by Gasteiger charge is -2.05. The highest BCUT2D eigenvalue weighted by molar-refractivity contribution is 6.00. The van der Waals surface area contributed by atoms with Gasteiger partial charge in [0.15, 0.2) is 5.78 Å². The minimum Gasteiger partial charge on any atom is -0.508 e. The molecule has 4 aromatic rings. The van der Waals surface area contributed by atoms with E-state index < -0.39 is 11.6 Å². The molecule has 0 radical (unpaired) electrons. The second-order valence-electron chi connectivity index (χ2n) is 6.47. The first-order valence-electron chi connectivity index (χ1n) is 8.52. The van der Waals surface area contributed by atoms with Gasteiger partial charge in [0.2, 0.25) is 0 Å². The van der Waals surface area contributed by atoms with E-state index in [-0.39, 0.29) is 34.7 Å². The Morgan fingerprint density at radius 1 is 0.893 bits per heavy atom. The van der Waals surface area contributed by atoms with Crippen LogP contribution in [0.4, 0.5) is 8.78 Å². The number of Topliss-reactive ketones (excluding diaryl/α,β-unsaturated/α-hetero) is 1. The van der Waals surface area contributed by atoms with Gasteiger partial charge in [-0.05, 0) is 48.0 Å². The third-order valence-corrected chi connectivity index (χ3v) is 4.58. The molecule has 1 heterocycles. The number of aromatic nitrogens is 1. The Balaban J connectivity index is 1.83. The molecule has 4 rings (SSSR count). The van der Waals surface area contributed by atoms with Crippen LogP contribution >= 0.6 is 0 Å². The van der Waals surface area contributed by atoms with Gasteiger partial charge < -0.3 is 14.8 Å². The van der Waals surface area contributed by atoms with Gasteiger partial charge in [-0.15, -0.1) is 0 Å². The Labute approximate surface area is 158 Å². The number of phenolic OH excluding ortho intramolecular Hbond substituents is 2. The fraction of sp³-hybridized carbons (Fsp3) is 0.0455. The van der Waals surface area contributed by atoms with E-state index in [0.717, 1.165) is 6.07 Å². The van der Waals surface area contributed by atoms with Crippen LogP contribution in [0.5, 0.6) is 11.5 Å². The number of carbonyl (C=O) groups is 1. The summed E-state index contributed by atoms with van der Waals surface area (Å²) in [6.07, 6.45) is 1.60.